The third kappa shape index (κ3) is 5.20. The maximum absolute atomic E-state index is 12.2. The maximum Gasteiger partial charge on any atom is 0.410 e. The van der Waals surface area contributed by atoms with E-state index in [2.05, 4.69) is 15.1 Å². The molecule has 0 saturated carbocycles. The highest BCUT2D eigenvalue weighted by Gasteiger charge is 2.27. The van der Waals surface area contributed by atoms with Gasteiger partial charge in [-0.2, -0.15) is 0 Å². The molecule has 2 heterocycles. The number of oxime groups is 1. The number of aromatic nitrogens is 2. The lowest BCUT2D eigenvalue weighted by Crippen LogP contribution is -2.50. The molecular weight excluding hydrogens is 324 g/mol. The topological polar surface area (TPSA) is 106 Å². The van der Waals surface area contributed by atoms with Crippen molar-refractivity contribution in [1.82, 2.24) is 14.9 Å². The molecule has 9 heteroatoms. The average Bonchev–Trinajstić information content (AvgIpc) is 2.55. The zero-order valence-corrected chi connectivity index (χ0v) is 15.2. The van der Waals surface area contributed by atoms with Crippen molar-refractivity contribution in [2.24, 2.45) is 5.16 Å². The first kappa shape index (κ1) is 18.8. The van der Waals surface area contributed by atoms with Crippen LogP contribution in [0.4, 0.5) is 16.4 Å². The Morgan fingerprint density at radius 2 is 2.00 bits per heavy atom. The van der Waals surface area contributed by atoms with Crippen LogP contribution in [0.5, 0.6) is 0 Å². The van der Waals surface area contributed by atoms with Gasteiger partial charge in [-0.05, 0) is 27.7 Å². The van der Waals surface area contributed by atoms with E-state index >= 15 is 0 Å². The Bertz CT molecular complexity index is 621. The second-order valence-corrected chi connectivity index (χ2v) is 6.60. The van der Waals surface area contributed by atoms with E-state index in [-0.39, 0.29) is 6.09 Å². The number of nitrogens with two attached hydrogens (primary N) is 1. The SMILES string of the molecule is CCO/N=C\c1c(N)ncnc1N1CCN(C(=O)OC(C)(C)C)CC1. The molecule has 0 radical (unpaired) electrons. The molecule has 9 nitrogen and oxygen atoms in total. The van der Waals surface area contributed by atoms with Gasteiger partial charge in [0.25, 0.3) is 0 Å². The minimum absolute atomic E-state index is 0.299. The van der Waals surface area contributed by atoms with Gasteiger partial charge in [-0.3, -0.25) is 0 Å². The number of nitrogen functional groups attached to an aromatic ring is 1. The number of amides is 1. The minimum Gasteiger partial charge on any atom is -0.444 e. The summed E-state index contributed by atoms with van der Waals surface area (Å²) in [7, 11) is 0. The molecule has 0 unspecified atom stereocenters. The van der Waals surface area contributed by atoms with Crippen LogP contribution in [-0.4, -0.2) is 65.6 Å². The van der Waals surface area contributed by atoms with Crippen molar-refractivity contribution in [3.8, 4) is 0 Å². The fourth-order valence-corrected chi connectivity index (χ4v) is 2.37. The van der Waals surface area contributed by atoms with Crippen molar-refractivity contribution in [3.63, 3.8) is 0 Å². The predicted molar refractivity (Wildman–Crippen MR) is 95.7 cm³/mol. The monoisotopic (exact) mass is 350 g/mol. The van der Waals surface area contributed by atoms with E-state index in [1.54, 1.807) is 4.90 Å². The molecule has 1 aromatic heterocycles. The van der Waals surface area contributed by atoms with E-state index < -0.39 is 5.60 Å². The lowest BCUT2D eigenvalue weighted by molar-refractivity contribution is 0.0240. The number of carbonyl (C=O) groups is 1. The quantitative estimate of drug-likeness (QED) is 0.647. The molecule has 0 aromatic carbocycles. The van der Waals surface area contributed by atoms with Crippen molar-refractivity contribution < 1.29 is 14.4 Å². The van der Waals surface area contributed by atoms with Crippen LogP contribution in [-0.2, 0) is 9.57 Å². The molecule has 1 aliphatic rings. The van der Waals surface area contributed by atoms with Crippen molar-refractivity contribution >= 4 is 23.9 Å². The Morgan fingerprint density at radius 3 is 2.60 bits per heavy atom. The van der Waals surface area contributed by atoms with E-state index in [9.17, 15) is 4.79 Å². The van der Waals surface area contributed by atoms with Gasteiger partial charge < -0.3 is 25.1 Å². The molecule has 1 aromatic rings. The van der Waals surface area contributed by atoms with Gasteiger partial charge in [0, 0.05) is 26.2 Å². The zero-order valence-electron chi connectivity index (χ0n) is 15.2. The highest BCUT2D eigenvalue weighted by atomic mass is 16.6. The van der Waals surface area contributed by atoms with Crippen molar-refractivity contribution in [1.29, 1.82) is 0 Å². The summed E-state index contributed by atoms with van der Waals surface area (Å²) in [4.78, 5) is 29.2. The van der Waals surface area contributed by atoms with Gasteiger partial charge in [0.1, 0.15) is 30.2 Å². The number of hydrogen-bond donors (Lipinski definition) is 1. The standard InChI is InChI=1S/C16H26N6O3/c1-5-24-20-10-12-13(17)18-11-19-14(12)21-6-8-22(9-7-21)15(23)25-16(2,3)4/h10-11H,5-9H2,1-4H3,(H2,17,18,19)/b20-10-. The Hall–Kier alpha value is -2.58. The summed E-state index contributed by atoms with van der Waals surface area (Å²) in [6.07, 6.45) is 2.64. The number of hydrogen-bond acceptors (Lipinski definition) is 8. The molecule has 0 aliphatic carbocycles. The molecule has 0 bridgehead atoms. The van der Waals surface area contributed by atoms with Crippen LogP contribution in [0, 0.1) is 0 Å². The zero-order chi connectivity index (χ0) is 18.4. The molecule has 0 atom stereocenters. The number of carbonyl (C=O) groups excluding carboxylic acids is 1. The summed E-state index contributed by atoms with van der Waals surface area (Å²) in [5.74, 6) is 1.02. The third-order valence-corrected chi connectivity index (χ3v) is 3.51. The Kier molecular flexibility index (Phi) is 6.00. The second kappa shape index (κ2) is 8.00. The van der Waals surface area contributed by atoms with Gasteiger partial charge in [0.15, 0.2) is 0 Å². The van der Waals surface area contributed by atoms with Gasteiger partial charge >= 0.3 is 6.09 Å². The highest BCUT2D eigenvalue weighted by molar-refractivity contribution is 5.91. The molecule has 1 saturated heterocycles. The number of nitrogens with zero attached hydrogens (tertiary/aromatic N) is 5. The van der Waals surface area contributed by atoms with E-state index in [1.165, 1.54) is 12.5 Å². The summed E-state index contributed by atoms with van der Waals surface area (Å²) in [5.41, 5.74) is 6.06. The van der Waals surface area contributed by atoms with E-state index in [0.717, 1.165) is 0 Å². The highest BCUT2D eigenvalue weighted by Crippen LogP contribution is 2.21. The van der Waals surface area contributed by atoms with Crippen molar-refractivity contribution in [2.75, 3.05) is 43.4 Å². The normalized spacial score (nSPS) is 15.5. The first-order chi connectivity index (χ1) is 11.8. The van der Waals surface area contributed by atoms with Crippen molar-refractivity contribution in [2.45, 2.75) is 33.3 Å². The van der Waals surface area contributed by atoms with Gasteiger partial charge in [-0.15, -0.1) is 0 Å². The summed E-state index contributed by atoms with van der Waals surface area (Å²) >= 11 is 0. The van der Waals surface area contributed by atoms with Crippen LogP contribution >= 0.6 is 0 Å². The second-order valence-electron chi connectivity index (χ2n) is 6.60. The number of piperazine rings is 1. The Morgan fingerprint density at radius 1 is 1.32 bits per heavy atom. The van der Waals surface area contributed by atoms with Gasteiger partial charge in [0.05, 0.1) is 11.8 Å². The molecule has 2 rings (SSSR count). The smallest absolute Gasteiger partial charge is 0.410 e. The van der Waals surface area contributed by atoms with Crippen LogP contribution < -0.4 is 10.6 Å². The van der Waals surface area contributed by atoms with Crippen LogP contribution in [0.25, 0.3) is 0 Å². The van der Waals surface area contributed by atoms with Crippen LogP contribution in [0.3, 0.4) is 0 Å². The molecule has 25 heavy (non-hydrogen) atoms. The van der Waals surface area contributed by atoms with Gasteiger partial charge in [-0.1, -0.05) is 5.16 Å². The molecule has 0 spiro atoms. The summed E-state index contributed by atoms with van der Waals surface area (Å²) in [6, 6.07) is 0. The summed E-state index contributed by atoms with van der Waals surface area (Å²) in [6.45, 7) is 10.2. The van der Waals surface area contributed by atoms with Gasteiger partial charge in [0.2, 0.25) is 0 Å². The number of anilines is 2. The largest absolute Gasteiger partial charge is 0.444 e. The summed E-state index contributed by atoms with van der Waals surface area (Å²) in [5, 5.41) is 3.86. The van der Waals surface area contributed by atoms with Crippen LogP contribution in [0.15, 0.2) is 11.5 Å². The molecule has 1 amide bonds. The lowest BCUT2D eigenvalue weighted by atomic mass is 10.2. The number of rotatable bonds is 4. The predicted octanol–water partition coefficient (Wildman–Crippen LogP) is 1.49. The molecular formula is C16H26N6O3. The van der Waals surface area contributed by atoms with Crippen LogP contribution in [0.1, 0.15) is 33.3 Å². The minimum atomic E-state index is -0.502. The average molecular weight is 350 g/mol. The summed E-state index contributed by atoms with van der Waals surface area (Å²) < 4.78 is 5.41. The fraction of sp³-hybridized carbons (Fsp3) is 0.625. The first-order valence-electron chi connectivity index (χ1n) is 8.30. The third-order valence-electron chi connectivity index (χ3n) is 3.51. The van der Waals surface area contributed by atoms with E-state index in [1.807, 2.05) is 32.6 Å². The molecule has 1 fully saturated rings. The van der Waals surface area contributed by atoms with Crippen LogP contribution in [0.2, 0.25) is 0 Å². The molecule has 138 valence electrons. The first-order valence-corrected chi connectivity index (χ1v) is 8.30. The molecule has 1 aliphatic heterocycles. The lowest BCUT2D eigenvalue weighted by Gasteiger charge is -2.36. The Labute approximate surface area is 147 Å². The van der Waals surface area contributed by atoms with Gasteiger partial charge in [-0.25, -0.2) is 14.8 Å². The number of ether oxygens (including phenoxy) is 1. The maximum atomic E-state index is 12.2. The Balaban J connectivity index is 2.06. The van der Waals surface area contributed by atoms with E-state index in [4.69, 9.17) is 15.3 Å². The van der Waals surface area contributed by atoms with E-state index in [0.29, 0.717) is 50.0 Å². The fourth-order valence-electron chi connectivity index (χ4n) is 2.37. The molecule has 2 N–H and O–H groups in total. The van der Waals surface area contributed by atoms with Crippen molar-refractivity contribution in [3.05, 3.63) is 11.9 Å².